The monoisotopic (exact) mass is 429 g/mol. The summed E-state index contributed by atoms with van der Waals surface area (Å²) in [4.78, 5) is 21.0. The second kappa shape index (κ2) is 9.70. The fraction of sp³-hybridized carbons (Fsp3) is 0.333. The van der Waals surface area contributed by atoms with Gasteiger partial charge in [0.25, 0.3) is 5.08 Å². The van der Waals surface area contributed by atoms with Crippen molar-refractivity contribution in [2.45, 2.75) is 30.8 Å². The summed E-state index contributed by atoms with van der Waals surface area (Å²) in [6.07, 6.45) is 0.795. The highest BCUT2D eigenvalue weighted by molar-refractivity contribution is 7.73. The summed E-state index contributed by atoms with van der Waals surface area (Å²) in [6.45, 7) is 0.396. The van der Waals surface area contributed by atoms with Crippen LogP contribution in [0.5, 0.6) is 11.5 Å². The van der Waals surface area contributed by atoms with Gasteiger partial charge in [-0.3, -0.25) is 0 Å². The average molecular weight is 429 g/mol. The van der Waals surface area contributed by atoms with E-state index < -0.39 is 26.7 Å². The molecule has 10 heteroatoms. The Hall–Kier alpha value is -1.66. The van der Waals surface area contributed by atoms with Crippen molar-refractivity contribution in [1.29, 1.82) is 0 Å². The van der Waals surface area contributed by atoms with Crippen molar-refractivity contribution in [2.24, 2.45) is 5.73 Å². The molecule has 0 fully saturated rings. The molecule has 2 aromatic rings. The summed E-state index contributed by atoms with van der Waals surface area (Å²) >= 11 is 0. The molecule has 154 valence electrons. The van der Waals surface area contributed by atoms with E-state index in [1.807, 2.05) is 0 Å². The van der Waals surface area contributed by atoms with Gasteiger partial charge in [0.05, 0.1) is 0 Å². The molecule has 2 aromatic carbocycles. The number of benzene rings is 2. The van der Waals surface area contributed by atoms with Gasteiger partial charge in [0.1, 0.15) is 11.5 Å². The van der Waals surface area contributed by atoms with Crippen molar-refractivity contribution in [3.63, 3.8) is 0 Å². The molecular weight excluding hydrogens is 404 g/mol. The molecule has 0 aromatic heterocycles. The van der Waals surface area contributed by atoms with E-state index in [9.17, 15) is 24.0 Å². The highest BCUT2D eigenvalue weighted by Gasteiger charge is 2.63. The second-order valence-electron chi connectivity index (χ2n) is 6.22. The van der Waals surface area contributed by atoms with Gasteiger partial charge in [-0.2, -0.15) is 0 Å². The van der Waals surface area contributed by atoms with Crippen molar-refractivity contribution in [2.75, 3.05) is 6.54 Å². The first-order valence-corrected chi connectivity index (χ1v) is 11.9. The first kappa shape index (κ1) is 22.6. The minimum Gasteiger partial charge on any atom is -0.422 e. The number of unbranched alkanes of at least 4 members (excludes halogenated alkanes) is 2. The zero-order valence-corrected chi connectivity index (χ0v) is 17.0. The van der Waals surface area contributed by atoms with Crippen LogP contribution in [0.2, 0.25) is 0 Å². The summed E-state index contributed by atoms with van der Waals surface area (Å²) in [6, 6.07) is 15.2. The predicted octanol–water partition coefficient (Wildman–Crippen LogP) is 3.68. The summed E-state index contributed by atoms with van der Waals surface area (Å²) < 4.78 is 36.0. The molecule has 0 aliphatic carbocycles. The molecule has 0 bridgehead atoms. The van der Waals surface area contributed by atoms with Crippen LogP contribution in [0.4, 0.5) is 0 Å². The van der Waals surface area contributed by atoms with E-state index in [1.165, 1.54) is 24.3 Å². The van der Waals surface area contributed by atoms with Gasteiger partial charge in [0.2, 0.25) is 0 Å². The smallest absolute Gasteiger partial charge is 0.421 e. The van der Waals surface area contributed by atoms with Crippen LogP contribution in [-0.2, 0) is 9.13 Å². The molecule has 0 aliphatic rings. The second-order valence-corrected chi connectivity index (χ2v) is 10.5. The average Bonchev–Trinajstić information content (AvgIpc) is 2.65. The number of aliphatic hydroxyl groups is 1. The SMILES string of the molecule is NCCCCCC(O)(P(=O)(O)Oc1ccccc1)P(=O)(O)Oc1ccccc1. The molecule has 0 saturated heterocycles. The molecule has 2 atom stereocenters. The van der Waals surface area contributed by atoms with Crippen molar-refractivity contribution in [3.8, 4) is 11.5 Å². The predicted molar refractivity (Wildman–Crippen MR) is 106 cm³/mol. The van der Waals surface area contributed by atoms with Crippen molar-refractivity contribution < 1.29 is 33.1 Å². The van der Waals surface area contributed by atoms with Gasteiger partial charge >= 0.3 is 15.2 Å². The van der Waals surface area contributed by atoms with Gasteiger partial charge in [0.15, 0.2) is 0 Å². The Bertz CT molecular complexity index is 771. The molecule has 0 amide bonds. The minimum absolute atomic E-state index is 0.0200. The zero-order chi connectivity index (χ0) is 20.7. The minimum atomic E-state index is -5.06. The highest BCUT2D eigenvalue weighted by atomic mass is 31.2. The third kappa shape index (κ3) is 5.45. The van der Waals surface area contributed by atoms with E-state index >= 15 is 0 Å². The standard InChI is InChI=1S/C18H25NO7P2/c19-15-9-3-8-14-18(20,27(21,22)25-16-10-4-1-5-11-16)28(23,24)26-17-12-6-2-7-13-17/h1-2,4-7,10-13,20H,3,8-9,14-15,19H2,(H,21,22)(H,23,24). The molecule has 28 heavy (non-hydrogen) atoms. The van der Waals surface area contributed by atoms with Crippen LogP contribution in [-0.4, -0.2) is 26.5 Å². The van der Waals surface area contributed by atoms with Gasteiger partial charge in [-0.15, -0.1) is 0 Å². The van der Waals surface area contributed by atoms with E-state index in [4.69, 9.17) is 14.8 Å². The van der Waals surface area contributed by atoms with Crippen molar-refractivity contribution >= 4 is 15.2 Å². The Kier molecular flexibility index (Phi) is 7.84. The largest absolute Gasteiger partial charge is 0.422 e. The summed E-state index contributed by atoms with van der Waals surface area (Å²) in [7, 11) is -10.1. The zero-order valence-electron chi connectivity index (χ0n) is 15.3. The molecule has 0 spiro atoms. The maximum Gasteiger partial charge on any atom is 0.421 e. The Morgan fingerprint density at radius 1 is 0.786 bits per heavy atom. The molecule has 0 aliphatic heterocycles. The number of hydrogen-bond donors (Lipinski definition) is 4. The molecule has 0 radical (unpaired) electrons. The lowest BCUT2D eigenvalue weighted by atomic mass is 10.2. The van der Waals surface area contributed by atoms with Crippen LogP contribution in [0.15, 0.2) is 60.7 Å². The quantitative estimate of drug-likeness (QED) is 0.313. The third-order valence-corrected chi connectivity index (χ3v) is 8.76. The number of hydrogen-bond acceptors (Lipinski definition) is 6. The Labute approximate surface area is 164 Å². The van der Waals surface area contributed by atoms with E-state index in [2.05, 4.69) is 0 Å². The van der Waals surface area contributed by atoms with Crippen LogP contribution in [0.3, 0.4) is 0 Å². The summed E-state index contributed by atoms with van der Waals surface area (Å²) in [5.41, 5.74) is 5.43. The van der Waals surface area contributed by atoms with Crippen LogP contribution >= 0.6 is 15.2 Å². The van der Waals surface area contributed by atoms with Crippen LogP contribution in [0, 0.1) is 0 Å². The van der Waals surface area contributed by atoms with E-state index in [-0.39, 0.29) is 17.9 Å². The maximum absolute atomic E-state index is 13.0. The molecule has 0 heterocycles. The van der Waals surface area contributed by atoms with E-state index in [1.54, 1.807) is 36.4 Å². The molecule has 8 nitrogen and oxygen atoms in total. The van der Waals surface area contributed by atoms with Crippen LogP contribution < -0.4 is 14.8 Å². The molecule has 2 rings (SSSR count). The molecule has 2 unspecified atom stereocenters. The lowest BCUT2D eigenvalue weighted by Crippen LogP contribution is -2.33. The van der Waals surface area contributed by atoms with E-state index in [0.717, 1.165) is 0 Å². The summed E-state index contributed by atoms with van der Waals surface area (Å²) in [5, 5.41) is 7.97. The van der Waals surface area contributed by atoms with Crippen molar-refractivity contribution in [1.82, 2.24) is 0 Å². The van der Waals surface area contributed by atoms with Gasteiger partial charge in [-0.1, -0.05) is 42.8 Å². The number of rotatable bonds is 11. The molecule has 0 saturated carbocycles. The third-order valence-electron chi connectivity index (χ3n) is 4.07. The first-order valence-electron chi connectivity index (χ1n) is 8.79. The van der Waals surface area contributed by atoms with E-state index in [0.29, 0.717) is 19.4 Å². The molecule has 5 N–H and O–H groups in total. The van der Waals surface area contributed by atoms with Crippen molar-refractivity contribution in [3.05, 3.63) is 60.7 Å². The first-order chi connectivity index (χ1) is 13.2. The maximum atomic E-state index is 13.0. The van der Waals surface area contributed by atoms with Gasteiger partial charge in [0, 0.05) is 6.42 Å². The van der Waals surface area contributed by atoms with Crippen LogP contribution in [0.25, 0.3) is 0 Å². The Morgan fingerprint density at radius 3 is 1.61 bits per heavy atom. The lowest BCUT2D eigenvalue weighted by molar-refractivity contribution is 0.124. The molecular formula is C18H25NO7P2. The van der Waals surface area contributed by atoms with Crippen LogP contribution in [0.1, 0.15) is 25.7 Å². The summed E-state index contributed by atoms with van der Waals surface area (Å²) in [5.74, 6) is -0.0399. The normalized spacial score (nSPS) is 17.7. The Balaban J connectivity index is 2.34. The topological polar surface area (TPSA) is 139 Å². The fourth-order valence-corrected chi connectivity index (χ4v) is 6.03. The van der Waals surface area contributed by atoms with Gasteiger partial charge < -0.3 is 29.7 Å². The van der Waals surface area contributed by atoms with Gasteiger partial charge in [-0.05, 0) is 43.7 Å². The lowest BCUT2D eigenvalue weighted by Gasteiger charge is -2.34. The number of para-hydroxylation sites is 2. The number of nitrogens with two attached hydrogens (primary N) is 1. The fourth-order valence-electron chi connectivity index (χ4n) is 2.52. The van der Waals surface area contributed by atoms with Gasteiger partial charge in [-0.25, -0.2) is 9.13 Å². The Morgan fingerprint density at radius 2 is 1.21 bits per heavy atom. The highest BCUT2D eigenvalue weighted by Crippen LogP contribution is 2.73.